The van der Waals surface area contributed by atoms with E-state index in [4.69, 9.17) is 9.47 Å². The fraction of sp³-hybridized carbons (Fsp3) is 0.0952. The number of imidazole rings is 1. The van der Waals surface area contributed by atoms with Gasteiger partial charge in [0.25, 0.3) is 5.56 Å². The van der Waals surface area contributed by atoms with E-state index in [9.17, 15) is 4.79 Å². The number of nitrogens with one attached hydrogen (secondary N) is 1. The molecule has 29 heavy (non-hydrogen) atoms. The van der Waals surface area contributed by atoms with E-state index in [2.05, 4.69) is 15.2 Å². The van der Waals surface area contributed by atoms with Crippen molar-refractivity contribution < 1.29 is 9.47 Å². The molecule has 0 spiro atoms. The van der Waals surface area contributed by atoms with E-state index in [1.807, 2.05) is 52.9 Å². The molecule has 0 radical (unpaired) electrons. The summed E-state index contributed by atoms with van der Waals surface area (Å²) < 4.78 is 13.1. The van der Waals surface area contributed by atoms with Crippen molar-refractivity contribution in [2.45, 2.75) is 0 Å². The Balaban J connectivity index is 1.75. The first-order valence-corrected chi connectivity index (χ1v) is 9.68. The van der Waals surface area contributed by atoms with E-state index in [-0.39, 0.29) is 5.56 Å². The normalized spacial score (nSPS) is 11.2. The van der Waals surface area contributed by atoms with E-state index < -0.39 is 0 Å². The zero-order valence-corrected chi connectivity index (χ0v) is 16.5. The van der Waals surface area contributed by atoms with Crippen molar-refractivity contribution in [3.8, 4) is 34.0 Å². The van der Waals surface area contributed by atoms with Gasteiger partial charge >= 0.3 is 0 Å². The minimum absolute atomic E-state index is 0.253. The van der Waals surface area contributed by atoms with Crippen LogP contribution in [0.15, 0.2) is 59.5 Å². The number of hydrogen-bond donors (Lipinski definition) is 1. The van der Waals surface area contributed by atoms with E-state index in [1.165, 1.54) is 11.3 Å². The summed E-state index contributed by atoms with van der Waals surface area (Å²) in [6.07, 6.45) is 1.78. The topological polar surface area (TPSA) is 81.5 Å². The van der Waals surface area contributed by atoms with Gasteiger partial charge in [0.2, 0.25) is 0 Å². The van der Waals surface area contributed by atoms with E-state index in [0.717, 1.165) is 38.0 Å². The standard InChI is InChI=1S/C21H16N4O3S/c1-27-14-7-3-12(4-8-14)16-11-22-21-25(16)18-19(29-21)17(23-24-20(18)26)13-5-9-15(28-2)10-6-13/h3-11H,1-2H3,(H,24,26). The van der Waals surface area contributed by atoms with Gasteiger partial charge in [-0.1, -0.05) is 11.3 Å². The molecule has 0 fully saturated rings. The number of fused-ring (bicyclic) bond motifs is 3. The number of H-pyrrole nitrogens is 1. The Labute approximate surface area is 169 Å². The number of ether oxygens (including phenoxy) is 2. The zero-order chi connectivity index (χ0) is 20.0. The van der Waals surface area contributed by atoms with Crippen LogP contribution >= 0.6 is 11.3 Å². The van der Waals surface area contributed by atoms with Gasteiger partial charge in [-0.15, -0.1) is 0 Å². The Morgan fingerprint density at radius 2 is 1.55 bits per heavy atom. The van der Waals surface area contributed by atoms with E-state index in [0.29, 0.717) is 11.2 Å². The molecular weight excluding hydrogens is 388 g/mol. The number of hydrogen-bond acceptors (Lipinski definition) is 6. The predicted molar refractivity (Wildman–Crippen MR) is 113 cm³/mol. The van der Waals surface area contributed by atoms with Crippen LogP contribution in [0.5, 0.6) is 11.5 Å². The molecule has 0 atom stereocenters. The number of thiazole rings is 1. The highest BCUT2D eigenvalue weighted by Gasteiger charge is 2.19. The Morgan fingerprint density at radius 3 is 2.17 bits per heavy atom. The summed E-state index contributed by atoms with van der Waals surface area (Å²) in [7, 11) is 3.26. The lowest BCUT2D eigenvalue weighted by Gasteiger charge is -2.05. The fourth-order valence-corrected chi connectivity index (χ4v) is 4.46. The number of methoxy groups -OCH3 is 2. The predicted octanol–water partition coefficient (Wildman–Crippen LogP) is 3.98. The molecule has 0 amide bonds. The Hall–Kier alpha value is -3.65. The molecule has 7 nitrogen and oxygen atoms in total. The third-order valence-electron chi connectivity index (χ3n) is 4.81. The summed E-state index contributed by atoms with van der Waals surface area (Å²) in [6.45, 7) is 0. The van der Waals surface area contributed by atoms with Crippen molar-refractivity contribution in [3.05, 3.63) is 65.1 Å². The highest BCUT2D eigenvalue weighted by Crippen LogP contribution is 2.35. The van der Waals surface area contributed by atoms with Crippen molar-refractivity contribution in [2.75, 3.05) is 14.2 Å². The van der Waals surface area contributed by atoms with E-state index in [1.54, 1.807) is 20.4 Å². The summed E-state index contributed by atoms with van der Waals surface area (Å²) in [6, 6.07) is 15.3. The first kappa shape index (κ1) is 17.4. The third kappa shape index (κ3) is 2.76. The van der Waals surface area contributed by atoms with Crippen LogP contribution < -0.4 is 15.0 Å². The molecule has 2 aromatic carbocycles. The van der Waals surface area contributed by atoms with Gasteiger partial charge in [-0.2, -0.15) is 5.10 Å². The van der Waals surface area contributed by atoms with Crippen LogP contribution in [0.2, 0.25) is 0 Å². The van der Waals surface area contributed by atoms with Crippen molar-refractivity contribution >= 4 is 26.5 Å². The molecule has 144 valence electrons. The molecule has 0 bridgehead atoms. The molecule has 0 aliphatic heterocycles. The van der Waals surface area contributed by atoms with Crippen molar-refractivity contribution in [1.29, 1.82) is 0 Å². The van der Waals surface area contributed by atoms with Gasteiger partial charge in [-0.3, -0.25) is 9.20 Å². The Morgan fingerprint density at radius 1 is 0.931 bits per heavy atom. The molecule has 8 heteroatoms. The van der Waals surface area contributed by atoms with Crippen LogP contribution in [-0.4, -0.2) is 33.8 Å². The lowest BCUT2D eigenvalue weighted by atomic mass is 10.1. The molecule has 0 unspecified atom stereocenters. The van der Waals surface area contributed by atoms with Gasteiger partial charge in [0.15, 0.2) is 4.96 Å². The summed E-state index contributed by atoms with van der Waals surface area (Å²) >= 11 is 1.44. The first-order valence-electron chi connectivity index (χ1n) is 8.87. The number of rotatable bonds is 4. The second-order valence-electron chi connectivity index (χ2n) is 6.40. The molecule has 0 aliphatic rings. The van der Waals surface area contributed by atoms with Gasteiger partial charge in [-0.25, -0.2) is 10.1 Å². The van der Waals surface area contributed by atoms with Crippen LogP contribution in [0.25, 0.3) is 37.7 Å². The maximum absolute atomic E-state index is 12.7. The number of aromatic amines is 1. The van der Waals surface area contributed by atoms with Crippen LogP contribution in [0, 0.1) is 0 Å². The average molecular weight is 404 g/mol. The molecule has 0 aliphatic carbocycles. The number of aromatic nitrogens is 4. The van der Waals surface area contributed by atoms with Gasteiger partial charge in [0.05, 0.1) is 30.8 Å². The largest absolute Gasteiger partial charge is 0.497 e. The highest BCUT2D eigenvalue weighted by atomic mass is 32.1. The van der Waals surface area contributed by atoms with E-state index >= 15 is 0 Å². The van der Waals surface area contributed by atoms with Crippen LogP contribution in [0.3, 0.4) is 0 Å². The molecule has 3 heterocycles. The highest BCUT2D eigenvalue weighted by molar-refractivity contribution is 7.24. The lowest BCUT2D eigenvalue weighted by molar-refractivity contribution is 0.415. The molecule has 3 aromatic heterocycles. The van der Waals surface area contributed by atoms with Gasteiger partial charge in [-0.05, 0) is 48.5 Å². The quantitative estimate of drug-likeness (QED) is 0.490. The molecule has 0 saturated heterocycles. The van der Waals surface area contributed by atoms with Crippen molar-refractivity contribution in [3.63, 3.8) is 0 Å². The first-order chi connectivity index (χ1) is 14.2. The summed E-state index contributed by atoms with van der Waals surface area (Å²) in [5.41, 5.74) is 3.66. The minimum atomic E-state index is -0.253. The van der Waals surface area contributed by atoms with Gasteiger partial charge < -0.3 is 9.47 Å². The second kappa shape index (κ2) is 6.75. The second-order valence-corrected chi connectivity index (χ2v) is 7.38. The summed E-state index contributed by atoms with van der Waals surface area (Å²) in [5, 5.41) is 6.94. The fourth-order valence-electron chi connectivity index (χ4n) is 3.35. The maximum atomic E-state index is 12.7. The zero-order valence-electron chi connectivity index (χ0n) is 15.7. The van der Waals surface area contributed by atoms with Crippen molar-refractivity contribution in [1.82, 2.24) is 19.6 Å². The SMILES string of the molecule is COc1ccc(-c2n[nH]c(=O)c3c2sc2ncc(-c4ccc(OC)cc4)n23)cc1. The summed E-state index contributed by atoms with van der Waals surface area (Å²) in [4.78, 5) is 18.0. The third-order valence-corrected chi connectivity index (χ3v) is 5.87. The average Bonchev–Trinajstić information content (AvgIpc) is 3.34. The van der Waals surface area contributed by atoms with Crippen LogP contribution in [-0.2, 0) is 0 Å². The van der Waals surface area contributed by atoms with Crippen LogP contribution in [0.1, 0.15) is 0 Å². The molecule has 5 aromatic rings. The molecule has 1 N–H and O–H groups in total. The molecular formula is C21H16N4O3S. The monoisotopic (exact) mass is 404 g/mol. The smallest absolute Gasteiger partial charge is 0.290 e. The van der Waals surface area contributed by atoms with Crippen molar-refractivity contribution in [2.24, 2.45) is 0 Å². The minimum Gasteiger partial charge on any atom is -0.497 e. The van der Waals surface area contributed by atoms with Gasteiger partial charge in [0.1, 0.15) is 22.7 Å². The molecule has 0 saturated carbocycles. The summed E-state index contributed by atoms with van der Waals surface area (Å²) in [5.74, 6) is 1.53. The molecule has 5 rings (SSSR count). The van der Waals surface area contributed by atoms with Crippen LogP contribution in [0.4, 0.5) is 0 Å². The number of benzene rings is 2. The lowest BCUT2D eigenvalue weighted by Crippen LogP contribution is -2.11. The number of nitrogens with zero attached hydrogens (tertiary/aromatic N) is 3. The van der Waals surface area contributed by atoms with Gasteiger partial charge in [0, 0.05) is 11.1 Å². The Bertz CT molecular complexity index is 1340. The maximum Gasteiger partial charge on any atom is 0.290 e. The Kier molecular flexibility index (Phi) is 4.06.